The van der Waals surface area contributed by atoms with Crippen LogP contribution in [0.1, 0.15) is 11.1 Å². The van der Waals surface area contributed by atoms with Crippen molar-refractivity contribution in [3.63, 3.8) is 0 Å². The van der Waals surface area contributed by atoms with Crippen LogP contribution in [0.3, 0.4) is 0 Å². The molecule has 0 atom stereocenters. The molecule has 0 bridgehead atoms. The normalized spacial score (nSPS) is 12.1. The number of aliphatic hydroxyl groups excluding tert-OH is 2. The molecule has 0 radical (unpaired) electrons. The highest BCUT2D eigenvalue weighted by molar-refractivity contribution is 7.89. The molecule has 0 saturated heterocycles. The van der Waals surface area contributed by atoms with Crippen LogP contribution in [0.5, 0.6) is 0 Å². The van der Waals surface area contributed by atoms with Gasteiger partial charge in [-0.05, 0) is 37.1 Å². The fourth-order valence-corrected chi connectivity index (χ4v) is 3.42. The standard InChI is InChI=1S/C12H19NO4S/c1-10-7-11(2)9-12(8-10)18(16,17)13(3-5-14)4-6-15/h7-9,14-15H,3-6H2,1-2H3. The van der Waals surface area contributed by atoms with Crippen molar-refractivity contribution < 1.29 is 18.6 Å². The molecule has 102 valence electrons. The molecule has 0 aromatic heterocycles. The third-order valence-corrected chi connectivity index (χ3v) is 4.41. The summed E-state index contributed by atoms with van der Waals surface area (Å²) in [6.45, 7) is 3.07. The van der Waals surface area contributed by atoms with Crippen molar-refractivity contribution in [1.29, 1.82) is 0 Å². The Morgan fingerprint density at radius 1 is 1.00 bits per heavy atom. The maximum Gasteiger partial charge on any atom is 0.243 e. The van der Waals surface area contributed by atoms with Crippen LogP contribution in [0.15, 0.2) is 23.1 Å². The summed E-state index contributed by atoms with van der Waals surface area (Å²) in [4.78, 5) is 0.196. The molecule has 0 heterocycles. The lowest BCUT2D eigenvalue weighted by molar-refractivity contribution is 0.217. The largest absolute Gasteiger partial charge is 0.395 e. The zero-order valence-corrected chi connectivity index (χ0v) is 11.4. The van der Waals surface area contributed by atoms with Crippen molar-refractivity contribution in [1.82, 2.24) is 4.31 Å². The van der Waals surface area contributed by atoms with Gasteiger partial charge in [-0.2, -0.15) is 4.31 Å². The lowest BCUT2D eigenvalue weighted by atomic mass is 10.2. The second kappa shape index (κ2) is 6.29. The van der Waals surface area contributed by atoms with Gasteiger partial charge in [-0.15, -0.1) is 0 Å². The molecule has 0 aliphatic heterocycles. The number of rotatable bonds is 6. The number of benzene rings is 1. The van der Waals surface area contributed by atoms with Crippen LogP contribution >= 0.6 is 0 Å². The Kier molecular flexibility index (Phi) is 5.28. The van der Waals surface area contributed by atoms with Crippen molar-refractivity contribution in [2.75, 3.05) is 26.3 Å². The number of aliphatic hydroxyl groups is 2. The number of sulfonamides is 1. The molecule has 18 heavy (non-hydrogen) atoms. The first-order valence-electron chi connectivity index (χ1n) is 5.72. The van der Waals surface area contributed by atoms with Gasteiger partial charge >= 0.3 is 0 Å². The number of nitrogens with zero attached hydrogens (tertiary/aromatic N) is 1. The van der Waals surface area contributed by atoms with E-state index >= 15 is 0 Å². The smallest absolute Gasteiger partial charge is 0.243 e. The average molecular weight is 273 g/mol. The second-order valence-electron chi connectivity index (χ2n) is 4.17. The highest BCUT2D eigenvalue weighted by Crippen LogP contribution is 2.18. The molecule has 0 saturated carbocycles. The molecule has 0 aliphatic rings. The number of aryl methyl sites for hydroxylation is 2. The van der Waals surface area contributed by atoms with E-state index in [0.29, 0.717) is 0 Å². The summed E-state index contributed by atoms with van der Waals surface area (Å²) in [5.74, 6) is 0. The summed E-state index contributed by atoms with van der Waals surface area (Å²) in [7, 11) is -3.66. The summed E-state index contributed by atoms with van der Waals surface area (Å²) in [6.07, 6.45) is 0. The van der Waals surface area contributed by atoms with Crippen molar-refractivity contribution >= 4 is 10.0 Å². The van der Waals surface area contributed by atoms with Gasteiger partial charge < -0.3 is 10.2 Å². The molecule has 1 aromatic carbocycles. The molecule has 5 nitrogen and oxygen atoms in total. The molecule has 1 rings (SSSR count). The van der Waals surface area contributed by atoms with Crippen molar-refractivity contribution in [3.05, 3.63) is 29.3 Å². The van der Waals surface area contributed by atoms with Crippen LogP contribution in [-0.4, -0.2) is 49.2 Å². The third kappa shape index (κ3) is 3.52. The monoisotopic (exact) mass is 273 g/mol. The van der Waals surface area contributed by atoms with Crippen LogP contribution < -0.4 is 0 Å². The van der Waals surface area contributed by atoms with Gasteiger partial charge in [-0.1, -0.05) is 6.07 Å². The molecule has 1 aromatic rings. The number of hydrogen-bond acceptors (Lipinski definition) is 4. The lowest BCUT2D eigenvalue weighted by Crippen LogP contribution is -2.35. The van der Waals surface area contributed by atoms with Gasteiger partial charge in [0.25, 0.3) is 0 Å². The fourth-order valence-electron chi connectivity index (χ4n) is 1.81. The predicted octanol–water partition coefficient (Wildman–Crippen LogP) is 0.279. The van der Waals surface area contributed by atoms with Gasteiger partial charge in [0.05, 0.1) is 18.1 Å². The van der Waals surface area contributed by atoms with E-state index in [-0.39, 0.29) is 31.2 Å². The van der Waals surface area contributed by atoms with E-state index in [1.54, 1.807) is 12.1 Å². The van der Waals surface area contributed by atoms with Gasteiger partial charge in [0.15, 0.2) is 0 Å². The minimum absolute atomic E-state index is 0.0180. The van der Waals surface area contributed by atoms with Crippen LogP contribution in [0.4, 0.5) is 0 Å². The summed E-state index contributed by atoms with van der Waals surface area (Å²) in [5.41, 5.74) is 1.73. The van der Waals surface area contributed by atoms with Crippen LogP contribution in [0.25, 0.3) is 0 Å². The molecule has 0 unspecified atom stereocenters. The maximum absolute atomic E-state index is 12.3. The first kappa shape index (κ1) is 15.1. The van der Waals surface area contributed by atoms with Crippen molar-refractivity contribution in [2.45, 2.75) is 18.7 Å². The molecule has 0 spiro atoms. The Labute approximate surface area is 108 Å². The van der Waals surface area contributed by atoms with Crippen LogP contribution in [0, 0.1) is 13.8 Å². The highest BCUT2D eigenvalue weighted by atomic mass is 32.2. The Morgan fingerprint density at radius 2 is 1.44 bits per heavy atom. The maximum atomic E-state index is 12.3. The van der Waals surface area contributed by atoms with E-state index in [2.05, 4.69) is 0 Å². The SMILES string of the molecule is Cc1cc(C)cc(S(=O)(=O)N(CCO)CCO)c1. The van der Waals surface area contributed by atoms with Crippen molar-refractivity contribution in [3.8, 4) is 0 Å². The molecule has 2 N–H and O–H groups in total. The summed E-state index contributed by atoms with van der Waals surface area (Å²) >= 11 is 0. The number of hydrogen-bond donors (Lipinski definition) is 2. The third-order valence-electron chi connectivity index (χ3n) is 2.53. The van der Waals surface area contributed by atoms with Gasteiger partial charge in [0.2, 0.25) is 10.0 Å². The van der Waals surface area contributed by atoms with E-state index in [4.69, 9.17) is 10.2 Å². The quantitative estimate of drug-likeness (QED) is 0.780. The summed E-state index contributed by atoms with van der Waals surface area (Å²) in [5, 5.41) is 17.8. The minimum atomic E-state index is -3.66. The van der Waals surface area contributed by atoms with Gasteiger partial charge in [0, 0.05) is 13.1 Å². The van der Waals surface area contributed by atoms with E-state index in [1.807, 2.05) is 19.9 Å². The molecule has 0 amide bonds. The Balaban J connectivity index is 3.17. The Hall–Kier alpha value is -0.950. The van der Waals surface area contributed by atoms with Gasteiger partial charge in [0.1, 0.15) is 0 Å². The van der Waals surface area contributed by atoms with E-state index in [9.17, 15) is 8.42 Å². The van der Waals surface area contributed by atoms with Crippen molar-refractivity contribution in [2.24, 2.45) is 0 Å². The predicted molar refractivity (Wildman–Crippen MR) is 68.8 cm³/mol. The zero-order chi connectivity index (χ0) is 13.8. The van der Waals surface area contributed by atoms with Gasteiger partial charge in [-0.3, -0.25) is 0 Å². The Bertz CT molecular complexity index is 473. The van der Waals surface area contributed by atoms with Crippen LogP contribution in [0.2, 0.25) is 0 Å². The van der Waals surface area contributed by atoms with E-state index < -0.39 is 10.0 Å². The first-order chi connectivity index (χ1) is 8.41. The summed E-state index contributed by atoms with van der Waals surface area (Å²) in [6, 6.07) is 5.07. The molecule has 0 fully saturated rings. The fraction of sp³-hybridized carbons (Fsp3) is 0.500. The Morgan fingerprint density at radius 3 is 1.83 bits per heavy atom. The van der Waals surface area contributed by atoms with Crippen LogP contribution in [-0.2, 0) is 10.0 Å². The molecular weight excluding hydrogens is 254 g/mol. The molecular formula is C12H19NO4S. The topological polar surface area (TPSA) is 77.8 Å². The van der Waals surface area contributed by atoms with Gasteiger partial charge in [-0.25, -0.2) is 8.42 Å². The van der Waals surface area contributed by atoms with E-state index in [0.717, 1.165) is 15.4 Å². The minimum Gasteiger partial charge on any atom is -0.395 e. The average Bonchev–Trinajstić information content (AvgIpc) is 2.27. The summed E-state index contributed by atoms with van der Waals surface area (Å²) < 4.78 is 25.7. The second-order valence-corrected chi connectivity index (χ2v) is 6.11. The highest BCUT2D eigenvalue weighted by Gasteiger charge is 2.23. The zero-order valence-electron chi connectivity index (χ0n) is 10.6. The lowest BCUT2D eigenvalue weighted by Gasteiger charge is -2.20. The molecule has 6 heteroatoms. The first-order valence-corrected chi connectivity index (χ1v) is 7.16. The molecule has 0 aliphatic carbocycles. The van der Waals surface area contributed by atoms with E-state index in [1.165, 1.54) is 0 Å².